The van der Waals surface area contributed by atoms with Crippen LogP contribution in [0.1, 0.15) is 24.7 Å². The van der Waals surface area contributed by atoms with Gasteiger partial charge in [-0.1, -0.05) is 163 Å². The zero-order valence-electron chi connectivity index (χ0n) is 42.3. The van der Waals surface area contributed by atoms with Gasteiger partial charge in [0, 0.05) is 20.5 Å². The summed E-state index contributed by atoms with van der Waals surface area (Å²) >= 11 is 1.29. The van der Waals surface area contributed by atoms with Gasteiger partial charge >= 0.3 is 0 Å². The minimum absolute atomic E-state index is 0.00348. The lowest BCUT2D eigenvalue weighted by Gasteiger charge is -2.19. The van der Waals surface area contributed by atoms with Crippen molar-refractivity contribution >= 4 is 43.0 Å². The van der Waals surface area contributed by atoms with Crippen molar-refractivity contribution in [3.63, 3.8) is 0 Å². The van der Waals surface area contributed by atoms with Gasteiger partial charge in [-0.2, -0.15) is 0 Å². The Morgan fingerprint density at radius 1 is 0.340 bits per heavy atom. The van der Waals surface area contributed by atoms with E-state index in [0.717, 1.165) is 0 Å². The third-order valence-corrected chi connectivity index (χ3v) is 9.29. The molecule has 0 nitrogen and oxygen atoms in total. The predicted octanol–water partition coefficient (Wildman–Crippen LogP) is 13.5. The number of fused-ring (bicyclic) bond motifs is 3. The van der Waals surface area contributed by atoms with Crippen LogP contribution in [0.4, 0.5) is 0 Å². The van der Waals surface area contributed by atoms with Crippen LogP contribution in [0.2, 0.25) is 0 Å². The fraction of sp³-hybridized carbons (Fsp3) is 0. The minimum Gasteiger partial charge on any atom is -0.135 e. The molecule has 0 amide bonds. The zero-order valence-corrected chi connectivity index (χ0v) is 25.2. The highest BCUT2D eigenvalue weighted by molar-refractivity contribution is 7.23. The van der Waals surface area contributed by atoms with E-state index in [2.05, 4.69) is 0 Å². The second kappa shape index (κ2) is 11.6. The van der Waals surface area contributed by atoms with Crippen LogP contribution in [0.3, 0.4) is 0 Å². The van der Waals surface area contributed by atoms with Gasteiger partial charge in [-0.05, 0) is 84.3 Å². The van der Waals surface area contributed by atoms with Crippen molar-refractivity contribution in [2.24, 2.45) is 0 Å². The standard InChI is InChI=1S/C46H30S/c1-3-15-31(16-4-1)33-19-13-21-35(29-33)43-37-23-7-9-25-39(37)44(40-26-10-8-24-38(40)43)45-41-27-11-12-28-42(41)47-46(45)36-22-14-20-34(30-36)32-17-5-2-6-18-32/h1-30H/i1D,2D,3D,4D,5D,6D,7D,8D,9D,10D,15D,16D,17D,18D,23D,24D,25D,26D. The smallest absolute Gasteiger partial charge is 0.0629 e. The van der Waals surface area contributed by atoms with Gasteiger partial charge in [-0.3, -0.25) is 0 Å². The summed E-state index contributed by atoms with van der Waals surface area (Å²) < 4.78 is 159. The molecule has 0 unspecified atom stereocenters. The molecule has 0 radical (unpaired) electrons. The molecule has 9 aromatic rings. The Hall–Kier alpha value is -5.76. The van der Waals surface area contributed by atoms with Crippen molar-refractivity contribution in [1.82, 2.24) is 0 Å². The molecule has 220 valence electrons. The quantitative estimate of drug-likeness (QED) is 0.166. The minimum atomic E-state index is -0.626. The van der Waals surface area contributed by atoms with Gasteiger partial charge in [0.2, 0.25) is 0 Å². The maximum atomic E-state index is 9.58. The molecule has 1 heterocycles. The van der Waals surface area contributed by atoms with Crippen LogP contribution in [0.15, 0.2) is 182 Å². The van der Waals surface area contributed by atoms with Gasteiger partial charge in [0.25, 0.3) is 0 Å². The van der Waals surface area contributed by atoms with E-state index < -0.39 is 109 Å². The molecule has 0 atom stereocenters. The highest BCUT2D eigenvalue weighted by atomic mass is 32.1. The molecule has 0 aliphatic rings. The molecule has 1 aromatic heterocycles. The molecule has 0 bridgehead atoms. The Bertz CT molecular complexity index is 3460. The van der Waals surface area contributed by atoms with Gasteiger partial charge in [-0.15, -0.1) is 11.3 Å². The summed E-state index contributed by atoms with van der Waals surface area (Å²) in [6.07, 6.45) is 0. The monoisotopic (exact) mass is 632 g/mol. The molecule has 0 saturated heterocycles. The van der Waals surface area contributed by atoms with Crippen molar-refractivity contribution in [1.29, 1.82) is 0 Å². The van der Waals surface area contributed by atoms with Crippen molar-refractivity contribution in [3.8, 4) is 54.9 Å². The van der Waals surface area contributed by atoms with E-state index in [1.807, 2.05) is 6.07 Å². The van der Waals surface area contributed by atoms with Gasteiger partial charge < -0.3 is 0 Å². The number of hydrogen-bond acceptors (Lipinski definition) is 1. The van der Waals surface area contributed by atoms with Crippen molar-refractivity contribution < 1.29 is 24.7 Å². The number of rotatable bonds is 5. The lowest BCUT2D eigenvalue weighted by atomic mass is 9.84. The van der Waals surface area contributed by atoms with E-state index >= 15 is 0 Å². The summed E-state index contributed by atoms with van der Waals surface area (Å²) in [7, 11) is 0. The first-order valence-corrected chi connectivity index (χ1v) is 15.4. The summed E-state index contributed by atoms with van der Waals surface area (Å²) in [6, 6.07) is 10.2. The zero-order chi connectivity index (χ0) is 46.8. The highest BCUT2D eigenvalue weighted by Gasteiger charge is 2.23. The summed E-state index contributed by atoms with van der Waals surface area (Å²) in [5.74, 6) is 0. The van der Waals surface area contributed by atoms with Crippen molar-refractivity contribution in [3.05, 3.63) is 182 Å². The Kier molecular flexibility index (Phi) is 3.63. The van der Waals surface area contributed by atoms with Crippen LogP contribution >= 0.6 is 11.3 Å². The van der Waals surface area contributed by atoms with Crippen LogP contribution in [0, 0.1) is 0 Å². The van der Waals surface area contributed by atoms with Gasteiger partial charge in [-0.25, -0.2) is 0 Å². The van der Waals surface area contributed by atoms with Crippen LogP contribution < -0.4 is 0 Å². The number of thiophene rings is 1. The van der Waals surface area contributed by atoms with E-state index in [9.17, 15) is 5.48 Å². The normalized spacial score (nSPS) is 16.8. The Morgan fingerprint density at radius 2 is 0.809 bits per heavy atom. The second-order valence-electron chi connectivity index (χ2n) is 10.7. The first kappa shape index (κ1) is 14.8. The fourth-order valence-electron chi connectivity index (χ4n) is 6.10. The molecular formula is C46H30S. The van der Waals surface area contributed by atoms with E-state index in [4.69, 9.17) is 19.2 Å². The molecule has 0 aliphatic heterocycles. The lowest BCUT2D eigenvalue weighted by Crippen LogP contribution is -1.92. The largest absolute Gasteiger partial charge is 0.135 e. The average molecular weight is 633 g/mol. The highest BCUT2D eigenvalue weighted by Crippen LogP contribution is 2.51. The van der Waals surface area contributed by atoms with Crippen molar-refractivity contribution in [2.75, 3.05) is 0 Å². The molecule has 0 N–H and O–H groups in total. The topological polar surface area (TPSA) is 0 Å². The summed E-state index contributed by atoms with van der Waals surface area (Å²) in [6.45, 7) is 0. The Balaban J connectivity index is 1.48. The maximum absolute atomic E-state index is 9.58. The van der Waals surface area contributed by atoms with Crippen LogP contribution in [-0.4, -0.2) is 0 Å². The second-order valence-corrected chi connectivity index (χ2v) is 11.8. The molecule has 47 heavy (non-hydrogen) atoms. The average Bonchev–Trinajstić information content (AvgIpc) is 3.70. The van der Waals surface area contributed by atoms with E-state index in [-0.39, 0.29) is 60.5 Å². The summed E-state index contributed by atoms with van der Waals surface area (Å²) in [4.78, 5) is 0.485. The third kappa shape index (κ3) is 4.76. The van der Waals surface area contributed by atoms with Gasteiger partial charge in [0.05, 0.1) is 24.7 Å². The van der Waals surface area contributed by atoms with E-state index in [1.54, 1.807) is 48.5 Å². The molecule has 0 saturated carbocycles. The molecule has 9 rings (SSSR count). The fourth-order valence-corrected chi connectivity index (χ4v) is 7.30. The molecule has 0 aliphatic carbocycles. The van der Waals surface area contributed by atoms with Crippen LogP contribution in [0.5, 0.6) is 0 Å². The molecular weight excluding hydrogens is 585 g/mol. The summed E-state index contributed by atoms with van der Waals surface area (Å²) in [5.41, 5.74) is 1.32. The van der Waals surface area contributed by atoms with Crippen LogP contribution in [0.25, 0.3) is 86.6 Å². The molecule has 8 aromatic carbocycles. The van der Waals surface area contributed by atoms with E-state index in [1.165, 1.54) is 29.5 Å². The van der Waals surface area contributed by atoms with Crippen molar-refractivity contribution in [2.45, 2.75) is 0 Å². The maximum Gasteiger partial charge on any atom is 0.0629 e. The number of benzene rings is 8. The van der Waals surface area contributed by atoms with Crippen LogP contribution in [-0.2, 0) is 0 Å². The SMILES string of the molecule is [2H]c1c([2H])c([2H])c(-c2cccc(-c3sc4ccccc4c3-c3c4c([2H])c([2H])c([2H])c([2H])c4c(-c4cccc(-c5c([2H])c([2H])c([2H])c([2H])c5[2H])c4)c4c([2H])c([2H])c([2H])c([2H])c34)c2)c([2H])c1[2H]. The Morgan fingerprint density at radius 3 is 1.40 bits per heavy atom. The first-order chi connectivity index (χ1) is 30.8. The summed E-state index contributed by atoms with van der Waals surface area (Å²) in [5, 5.41) is 0.206. The molecule has 1 heteroatoms. The molecule has 0 fully saturated rings. The number of hydrogen-bond donors (Lipinski definition) is 0. The lowest BCUT2D eigenvalue weighted by molar-refractivity contribution is 1.61. The predicted molar refractivity (Wildman–Crippen MR) is 204 cm³/mol. The third-order valence-electron chi connectivity index (χ3n) is 8.07. The van der Waals surface area contributed by atoms with Gasteiger partial charge in [0.1, 0.15) is 0 Å². The van der Waals surface area contributed by atoms with Gasteiger partial charge in [0.15, 0.2) is 0 Å². The Labute approximate surface area is 304 Å². The first-order valence-electron chi connectivity index (χ1n) is 23.6. The molecule has 0 spiro atoms. The van der Waals surface area contributed by atoms with E-state index in [0.29, 0.717) is 26.1 Å².